The van der Waals surface area contributed by atoms with Gasteiger partial charge in [0.15, 0.2) is 11.5 Å². The molecule has 43 heavy (non-hydrogen) atoms. The minimum Gasteiger partial charge on any atom is -0.492 e. The number of aromatic nitrogens is 7. The van der Waals surface area contributed by atoms with E-state index >= 15 is 0 Å². The Labute approximate surface area is 249 Å². The highest BCUT2D eigenvalue weighted by Gasteiger charge is 2.36. The maximum absolute atomic E-state index is 12.8. The van der Waals surface area contributed by atoms with E-state index in [-0.39, 0.29) is 24.1 Å². The van der Waals surface area contributed by atoms with Crippen LogP contribution in [0.15, 0.2) is 79.5 Å². The van der Waals surface area contributed by atoms with Gasteiger partial charge in [-0.3, -0.25) is 4.90 Å². The molecule has 1 fully saturated rings. The molecule has 1 N–H and O–H groups in total. The predicted molar refractivity (Wildman–Crippen MR) is 158 cm³/mol. The van der Waals surface area contributed by atoms with Crippen molar-refractivity contribution in [2.75, 3.05) is 26.2 Å². The van der Waals surface area contributed by atoms with E-state index in [2.05, 4.69) is 66.6 Å². The largest absolute Gasteiger partial charge is 0.492 e. The maximum Gasteiger partial charge on any atom is 0.410 e. The number of carbonyl (C=O) groups is 1. The number of fused-ring (bicyclic) bond motifs is 1. The molecule has 1 aromatic heterocycles. The van der Waals surface area contributed by atoms with Crippen molar-refractivity contribution in [2.24, 2.45) is 0 Å². The number of imidazole rings is 1. The van der Waals surface area contributed by atoms with Gasteiger partial charge in [0, 0.05) is 26.2 Å². The first-order valence-corrected chi connectivity index (χ1v) is 14.3. The van der Waals surface area contributed by atoms with Crippen LogP contribution < -0.4 is 0 Å². The molecule has 222 valence electrons. The molecule has 0 spiro atoms. The summed E-state index contributed by atoms with van der Waals surface area (Å²) in [7, 11) is 0. The summed E-state index contributed by atoms with van der Waals surface area (Å²) in [4.78, 5) is 29.5. The molecular weight excluding hydrogens is 546 g/mol. The van der Waals surface area contributed by atoms with Gasteiger partial charge >= 0.3 is 6.09 Å². The zero-order chi connectivity index (χ0) is 30.0. The molecule has 0 radical (unpaired) electrons. The maximum atomic E-state index is 12.8. The summed E-state index contributed by atoms with van der Waals surface area (Å²) < 4.78 is 9.35. The molecule has 0 bridgehead atoms. The Kier molecular flexibility index (Phi) is 7.76. The van der Waals surface area contributed by atoms with Crippen LogP contribution in [0.5, 0.6) is 5.88 Å². The molecule has 0 aliphatic carbocycles. The van der Waals surface area contributed by atoms with Gasteiger partial charge in [-0.1, -0.05) is 65.9 Å². The highest BCUT2D eigenvalue weighted by atomic mass is 16.6. The van der Waals surface area contributed by atoms with Crippen LogP contribution in [0.25, 0.3) is 11.5 Å². The lowest BCUT2D eigenvalue weighted by Crippen LogP contribution is -2.52. The predicted octanol–water partition coefficient (Wildman–Crippen LogP) is 4.01. The second kappa shape index (κ2) is 11.8. The number of benzene rings is 2. The third-order valence-corrected chi connectivity index (χ3v) is 7.50. The van der Waals surface area contributed by atoms with Crippen molar-refractivity contribution in [1.82, 2.24) is 44.3 Å². The molecule has 0 unspecified atom stereocenters. The minimum absolute atomic E-state index is 0.0884. The topological polar surface area (TPSA) is 127 Å². The summed E-state index contributed by atoms with van der Waals surface area (Å²) >= 11 is 0. The number of carbonyl (C=O) groups excluding carboxylic acids is 1. The van der Waals surface area contributed by atoms with E-state index in [1.165, 1.54) is 12.7 Å². The molecule has 12 nitrogen and oxygen atoms in total. The number of hydrogen-bond acceptors (Lipinski definition) is 9. The van der Waals surface area contributed by atoms with Gasteiger partial charge in [-0.05, 0) is 31.9 Å². The van der Waals surface area contributed by atoms with Gasteiger partial charge in [-0.15, -0.1) is 5.10 Å². The Bertz CT molecular complexity index is 1620. The minimum atomic E-state index is -0.542. The normalized spacial score (nSPS) is 15.8. The summed E-state index contributed by atoms with van der Waals surface area (Å²) in [5.41, 5.74) is 2.74. The van der Waals surface area contributed by atoms with E-state index in [0.29, 0.717) is 49.9 Å². The average Bonchev–Trinajstić information content (AvgIpc) is 3.68. The Morgan fingerprint density at radius 2 is 1.56 bits per heavy atom. The molecule has 2 atom stereocenters. The average molecular weight is 582 g/mol. The van der Waals surface area contributed by atoms with Gasteiger partial charge in [-0.25, -0.2) is 24.4 Å². The molecule has 0 saturated carbocycles. The summed E-state index contributed by atoms with van der Waals surface area (Å²) in [6, 6.07) is 20.4. The van der Waals surface area contributed by atoms with E-state index in [1.807, 2.05) is 55.9 Å². The molecule has 3 aliphatic heterocycles. The highest BCUT2D eigenvalue weighted by Crippen LogP contribution is 2.38. The quantitative estimate of drug-likeness (QED) is 0.303. The number of rotatable bonds is 7. The Hall–Kier alpha value is -4.84. The first kappa shape index (κ1) is 28.3. The Balaban J connectivity index is 1.32. The lowest BCUT2D eigenvalue weighted by Gasteiger charge is -2.42. The van der Waals surface area contributed by atoms with Crippen LogP contribution in [0.3, 0.4) is 0 Å². The number of piperazine rings is 1. The molecule has 3 aliphatic rings. The molecular formula is C31H35N9O3. The lowest BCUT2D eigenvalue weighted by atomic mass is 9.91. The summed E-state index contributed by atoms with van der Waals surface area (Å²) in [6.45, 7) is 8.47. The van der Waals surface area contributed by atoms with Gasteiger partial charge < -0.3 is 19.3 Å². The fraction of sp³-hybridized carbons (Fsp3) is 0.355. The van der Waals surface area contributed by atoms with Gasteiger partial charge in [-0.2, -0.15) is 0 Å². The van der Waals surface area contributed by atoms with Crippen LogP contribution in [0.4, 0.5) is 4.79 Å². The number of nitrogens with zero attached hydrogens (tertiary/aromatic N) is 9. The molecule has 2 aromatic carbocycles. The number of aromatic hydroxyl groups is 1. The van der Waals surface area contributed by atoms with Crippen molar-refractivity contribution in [3.05, 3.63) is 96.3 Å². The van der Waals surface area contributed by atoms with Crippen LogP contribution in [-0.4, -0.2) is 87.3 Å². The van der Waals surface area contributed by atoms with Crippen molar-refractivity contribution in [3.63, 3.8) is 0 Å². The molecule has 4 heterocycles. The number of amides is 1. The molecule has 1 amide bonds. The van der Waals surface area contributed by atoms with E-state index in [1.54, 1.807) is 9.47 Å². The second-order valence-corrected chi connectivity index (χ2v) is 11.6. The van der Waals surface area contributed by atoms with Crippen molar-refractivity contribution in [3.8, 4) is 17.4 Å². The fourth-order valence-electron chi connectivity index (χ4n) is 5.56. The van der Waals surface area contributed by atoms with E-state index in [9.17, 15) is 9.90 Å². The second-order valence-electron chi connectivity index (χ2n) is 11.6. The van der Waals surface area contributed by atoms with E-state index < -0.39 is 5.60 Å². The zero-order valence-corrected chi connectivity index (χ0v) is 24.5. The molecule has 12 heteroatoms. The zero-order valence-electron chi connectivity index (χ0n) is 24.5. The molecule has 6 rings (SSSR count). The van der Waals surface area contributed by atoms with Crippen LogP contribution in [0.1, 0.15) is 49.7 Å². The van der Waals surface area contributed by atoms with Gasteiger partial charge in [0.1, 0.15) is 23.9 Å². The number of hydrogen-bond donors (Lipinski definition) is 1. The lowest BCUT2D eigenvalue weighted by molar-refractivity contribution is 0.00756. The van der Waals surface area contributed by atoms with Crippen molar-refractivity contribution in [2.45, 2.75) is 45.0 Å². The Morgan fingerprint density at radius 1 is 0.907 bits per heavy atom. The third kappa shape index (κ3) is 6.19. The highest BCUT2D eigenvalue weighted by molar-refractivity contribution is 5.68. The van der Waals surface area contributed by atoms with Gasteiger partial charge in [0.2, 0.25) is 5.88 Å². The number of ether oxygens (including phenoxy) is 1. The van der Waals surface area contributed by atoms with Gasteiger partial charge in [0.25, 0.3) is 0 Å². The smallest absolute Gasteiger partial charge is 0.410 e. The summed E-state index contributed by atoms with van der Waals surface area (Å²) in [5, 5.41) is 19.2. The first-order valence-electron chi connectivity index (χ1n) is 14.3. The van der Waals surface area contributed by atoms with Crippen LogP contribution in [0.2, 0.25) is 0 Å². The monoisotopic (exact) mass is 581 g/mol. The van der Waals surface area contributed by atoms with Crippen molar-refractivity contribution in [1.29, 1.82) is 0 Å². The summed E-state index contributed by atoms with van der Waals surface area (Å²) in [5.74, 6) is 0.362. The van der Waals surface area contributed by atoms with Crippen molar-refractivity contribution < 1.29 is 14.6 Å². The van der Waals surface area contributed by atoms with Crippen LogP contribution in [-0.2, 0) is 11.3 Å². The Morgan fingerprint density at radius 3 is 2.21 bits per heavy atom. The molecule has 3 aromatic rings. The van der Waals surface area contributed by atoms with Crippen LogP contribution >= 0.6 is 0 Å². The van der Waals surface area contributed by atoms with E-state index in [0.717, 1.165) is 11.1 Å². The van der Waals surface area contributed by atoms with Crippen LogP contribution in [0, 0.1) is 0 Å². The van der Waals surface area contributed by atoms with Crippen molar-refractivity contribution >= 4 is 6.09 Å². The molecule has 1 saturated heterocycles. The van der Waals surface area contributed by atoms with Gasteiger partial charge in [0.05, 0.1) is 24.8 Å². The first-order chi connectivity index (χ1) is 20.8. The third-order valence-electron chi connectivity index (χ3n) is 7.50. The fourth-order valence-corrected chi connectivity index (χ4v) is 5.56. The SMILES string of the molecule is CC(C)(C)OC(=O)N1CCN([C@@H](c2ccccc2)[C@@H](c2ccccc2)n2cc(Cn3cnc(O)c4ncnc3-4)nn2)CC1. The summed E-state index contributed by atoms with van der Waals surface area (Å²) in [6.07, 6.45) is 4.59. The van der Waals surface area contributed by atoms with E-state index in [4.69, 9.17) is 4.74 Å². The standard InChI is InChI=1S/C31H35N9O3/c1-31(2,3)43-30(42)38-16-14-37(15-17-38)26(22-10-6-4-7-11-22)27(23-12-8-5-9-13-23)40-19-24(35-36-40)18-39-21-34-29(41)25-28(39)33-20-32-25/h4-13,19-21,26-27,41H,14-18H2,1-3H3/t26-,27+/m0/s1.